The van der Waals surface area contributed by atoms with Crippen LogP contribution in [0.3, 0.4) is 0 Å². The normalized spacial score (nSPS) is 44.3. The first kappa shape index (κ1) is 14.9. The second-order valence-corrected chi connectivity index (χ2v) is 9.70. The predicted molar refractivity (Wildman–Crippen MR) is 95.1 cm³/mol. The summed E-state index contributed by atoms with van der Waals surface area (Å²) in [6, 6.07) is 15.6. The molecule has 4 bridgehead atoms. The van der Waals surface area contributed by atoms with E-state index in [4.69, 9.17) is 0 Å². The van der Waals surface area contributed by atoms with Gasteiger partial charge in [0.25, 0.3) is 0 Å². The highest BCUT2D eigenvalue weighted by atomic mass is 32.2. The highest BCUT2D eigenvalue weighted by molar-refractivity contribution is 8.01. The van der Waals surface area contributed by atoms with Crippen molar-refractivity contribution in [3.63, 3.8) is 0 Å². The summed E-state index contributed by atoms with van der Waals surface area (Å²) in [4.78, 5) is 0. The van der Waals surface area contributed by atoms with Crippen molar-refractivity contribution in [1.29, 1.82) is 10.5 Å². The fourth-order valence-electron chi connectivity index (χ4n) is 6.88. The van der Waals surface area contributed by atoms with Gasteiger partial charge in [-0.05, 0) is 61.3 Å². The number of benzene rings is 1. The van der Waals surface area contributed by atoms with E-state index in [-0.39, 0.29) is 10.7 Å². The third-order valence-electron chi connectivity index (χ3n) is 7.53. The predicted octanol–water partition coefficient (Wildman–Crippen LogP) is 4.75. The van der Waals surface area contributed by atoms with Crippen molar-refractivity contribution in [2.24, 2.45) is 29.1 Å². The van der Waals surface area contributed by atoms with Crippen LogP contribution in [0.4, 0.5) is 0 Å². The van der Waals surface area contributed by atoms with E-state index in [0.29, 0.717) is 11.8 Å². The molecular weight excluding hydrogens is 312 g/mol. The molecule has 24 heavy (non-hydrogen) atoms. The molecule has 1 saturated heterocycles. The summed E-state index contributed by atoms with van der Waals surface area (Å²) >= 11 is 1.99. The molecule has 1 aliphatic heterocycles. The van der Waals surface area contributed by atoms with Gasteiger partial charge >= 0.3 is 0 Å². The van der Waals surface area contributed by atoms with E-state index >= 15 is 0 Å². The highest BCUT2D eigenvalue weighted by Gasteiger charge is 2.72. The quantitative estimate of drug-likeness (QED) is 0.745. The second-order valence-electron chi connectivity index (χ2n) is 8.40. The molecule has 0 N–H and O–H groups in total. The number of hydrogen-bond acceptors (Lipinski definition) is 3. The average Bonchev–Trinajstić information content (AvgIpc) is 2.96. The van der Waals surface area contributed by atoms with Crippen LogP contribution >= 0.6 is 11.8 Å². The van der Waals surface area contributed by atoms with Crippen LogP contribution in [0, 0.1) is 51.7 Å². The summed E-state index contributed by atoms with van der Waals surface area (Å²) in [7, 11) is 0. The van der Waals surface area contributed by atoms with Gasteiger partial charge in [-0.2, -0.15) is 22.3 Å². The molecule has 0 radical (unpaired) electrons. The summed E-state index contributed by atoms with van der Waals surface area (Å²) in [5.41, 5.74) is 0.320. The van der Waals surface area contributed by atoms with E-state index in [1.807, 2.05) is 30.0 Å². The first-order valence-electron chi connectivity index (χ1n) is 9.25. The molecule has 6 rings (SSSR count). The molecule has 4 aliphatic carbocycles. The van der Waals surface area contributed by atoms with Crippen LogP contribution < -0.4 is 0 Å². The molecule has 0 aromatic heterocycles. The molecule has 3 heteroatoms. The minimum absolute atomic E-state index is 0.0521. The Morgan fingerprint density at radius 3 is 2.00 bits per heavy atom. The number of nitriles is 2. The summed E-state index contributed by atoms with van der Waals surface area (Å²) in [5.74, 6) is 3.86. The van der Waals surface area contributed by atoms with E-state index in [1.54, 1.807) is 0 Å². The van der Waals surface area contributed by atoms with E-state index in [2.05, 4.69) is 24.3 Å². The van der Waals surface area contributed by atoms with Crippen LogP contribution in [0.1, 0.15) is 43.6 Å². The van der Waals surface area contributed by atoms with Gasteiger partial charge in [-0.3, -0.25) is 0 Å². The first-order valence-corrected chi connectivity index (χ1v) is 10.2. The number of thioether (sulfide) groups is 1. The van der Waals surface area contributed by atoms with Crippen molar-refractivity contribution in [3.05, 3.63) is 35.9 Å². The summed E-state index contributed by atoms with van der Waals surface area (Å²) in [6.45, 7) is 0. The Bertz CT molecular complexity index is 699. The van der Waals surface area contributed by atoms with Gasteiger partial charge in [0.15, 0.2) is 5.41 Å². The lowest BCUT2D eigenvalue weighted by atomic mass is 9.44. The van der Waals surface area contributed by atoms with Crippen molar-refractivity contribution in [1.82, 2.24) is 0 Å². The van der Waals surface area contributed by atoms with E-state index in [0.717, 1.165) is 17.6 Å². The van der Waals surface area contributed by atoms with Gasteiger partial charge in [0, 0.05) is 11.7 Å². The zero-order valence-corrected chi connectivity index (χ0v) is 14.6. The number of hydrogen-bond donors (Lipinski definition) is 0. The monoisotopic (exact) mass is 334 g/mol. The molecule has 0 unspecified atom stereocenters. The SMILES string of the molecule is N#CC1(C#N)[C@H](c2ccccc2)CSC12C1CC3CC(C1)CC2C3. The van der Waals surface area contributed by atoms with Crippen LogP contribution in [0.2, 0.25) is 0 Å². The highest BCUT2D eigenvalue weighted by Crippen LogP contribution is 2.73. The maximum absolute atomic E-state index is 10.3. The Labute approximate surface area is 148 Å². The van der Waals surface area contributed by atoms with Gasteiger partial charge in [0.2, 0.25) is 0 Å². The van der Waals surface area contributed by atoms with Gasteiger partial charge in [0.1, 0.15) is 0 Å². The van der Waals surface area contributed by atoms with Crippen LogP contribution in [0.15, 0.2) is 30.3 Å². The fraction of sp³-hybridized carbons (Fsp3) is 0.619. The zero-order valence-electron chi connectivity index (χ0n) is 13.8. The van der Waals surface area contributed by atoms with Crippen LogP contribution in [-0.2, 0) is 0 Å². The van der Waals surface area contributed by atoms with Crippen molar-refractivity contribution >= 4 is 11.8 Å². The third-order valence-corrected chi connectivity index (χ3v) is 9.50. The average molecular weight is 334 g/mol. The molecule has 4 saturated carbocycles. The maximum Gasteiger partial charge on any atom is 0.166 e. The van der Waals surface area contributed by atoms with Gasteiger partial charge in [0.05, 0.1) is 16.9 Å². The lowest BCUT2D eigenvalue weighted by Gasteiger charge is -2.62. The summed E-state index contributed by atoms with van der Waals surface area (Å²) in [6.07, 6.45) is 6.43. The minimum atomic E-state index is -0.859. The molecule has 0 amide bonds. The molecule has 2 nitrogen and oxygen atoms in total. The van der Waals surface area contributed by atoms with Crippen LogP contribution in [-0.4, -0.2) is 10.5 Å². The largest absolute Gasteiger partial charge is 0.196 e. The molecule has 1 aromatic rings. The van der Waals surface area contributed by atoms with Gasteiger partial charge in [-0.25, -0.2) is 0 Å². The second kappa shape index (κ2) is 5.03. The lowest BCUT2D eigenvalue weighted by molar-refractivity contribution is -0.0433. The molecule has 1 heterocycles. The van der Waals surface area contributed by atoms with E-state index in [9.17, 15) is 10.5 Å². The Morgan fingerprint density at radius 1 is 0.875 bits per heavy atom. The molecular formula is C21H22N2S. The van der Waals surface area contributed by atoms with Crippen molar-refractivity contribution in [3.8, 4) is 12.1 Å². The smallest absolute Gasteiger partial charge is 0.166 e. The number of nitrogens with zero attached hydrogens (tertiary/aromatic N) is 2. The Balaban J connectivity index is 1.65. The van der Waals surface area contributed by atoms with E-state index < -0.39 is 5.41 Å². The van der Waals surface area contributed by atoms with Crippen LogP contribution in [0.25, 0.3) is 0 Å². The molecule has 5 aliphatic rings. The van der Waals surface area contributed by atoms with Gasteiger partial charge < -0.3 is 0 Å². The molecule has 1 atom stereocenters. The standard InChI is InChI=1S/C21H22N2S/c22-12-20(13-23)19(16-4-2-1-3-5-16)11-24-21(20)17-7-14-6-15(9-17)10-18(21)8-14/h1-5,14-15,17-19H,6-11H2/t14?,15?,17?,18?,19-,21?/m0/s1. The molecule has 1 aromatic carbocycles. The van der Waals surface area contributed by atoms with Crippen molar-refractivity contribution < 1.29 is 0 Å². The fourth-order valence-corrected chi connectivity index (χ4v) is 9.09. The summed E-state index contributed by atoms with van der Waals surface area (Å²) < 4.78 is -0.121. The minimum Gasteiger partial charge on any atom is -0.196 e. The first-order chi connectivity index (χ1) is 11.7. The Kier molecular flexibility index (Phi) is 3.11. The Morgan fingerprint density at radius 2 is 1.46 bits per heavy atom. The molecule has 122 valence electrons. The Hall–Kier alpha value is -1.45. The number of rotatable bonds is 1. The lowest BCUT2D eigenvalue weighted by Crippen LogP contribution is -2.62. The van der Waals surface area contributed by atoms with Crippen LogP contribution in [0.5, 0.6) is 0 Å². The zero-order chi connectivity index (χ0) is 16.4. The third kappa shape index (κ3) is 1.62. The topological polar surface area (TPSA) is 47.6 Å². The van der Waals surface area contributed by atoms with Crippen molar-refractivity contribution in [2.75, 3.05) is 5.75 Å². The molecule has 1 spiro atoms. The maximum atomic E-state index is 10.3. The van der Waals surface area contributed by atoms with E-state index in [1.165, 1.54) is 37.7 Å². The van der Waals surface area contributed by atoms with Crippen molar-refractivity contribution in [2.45, 2.75) is 42.8 Å². The van der Waals surface area contributed by atoms with Gasteiger partial charge in [-0.15, -0.1) is 0 Å². The van der Waals surface area contributed by atoms with Gasteiger partial charge in [-0.1, -0.05) is 30.3 Å². The molecule has 5 fully saturated rings. The summed E-state index contributed by atoms with van der Waals surface area (Å²) in [5, 5.41) is 20.6.